The van der Waals surface area contributed by atoms with Gasteiger partial charge in [-0.3, -0.25) is 0 Å². The second kappa shape index (κ2) is 6.35. The predicted molar refractivity (Wildman–Crippen MR) is 54.2 cm³/mol. The van der Waals surface area contributed by atoms with Crippen LogP contribution >= 0.6 is 0 Å². The Morgan fingerprint density at radius 3 is 2.45 bits per heavy atom. The molecule has 1 aromatic heterocycles. The molecular formula is C10H8F5NO4. The summed E-state index contributed by atoms with van der Waals surface area (Å²) in [5.41, 5.74) is -0.565. The monoisotopic (exact) mass is 301 g/mol. The maximum atomic E-state index is 12.0. The molecule has 0 aliphatic heterocycles. The lowest BCUT2D eigenvalue weighted by atomic mass is 10.3. The number of carboxylic acid groups (broad SMARTS) is 1. The van der Waals surface area contributed by atoms with Gasteiger partial charge in [-0.25, -0.2) is 13.6 Å². The van der Waals surface area contributed by atoms with Crippen LogP contribution in [0.2, 0.25) is 0 Å². The maximum absolute atomic E-state index is 12.0. The van der Waals surface area contributed by atoms with Crippen LogP contribution in [0.4, 0.5) is 22.0 Å². The predicted octanol–water partition coefficient (Wildman–Crippen LogP) is 2.36. The molecule has 1 heterocycles. The summed E-state index contributed by atoms with van der Waals surface area (Å²) in [6.45, 7) is -2.79. The number of rotatable bonds is 6. The summed E-state index contributed by atoms with van der Waals surface area (Å²) in [7, 11) is 0. The summed E-state index contributed by atoms with van der Waals surface area (Å²) in [4.78, 5) is 14.1. The Kier molecular flexibility index (Phi) is 5.06. The molecular weight excluding hydrogens is 293 g/mol. The number of pyridine rings is 1. The fraction of sp³-hybridized carbons (Fsp3) is 0.400. The number of halogens is 5. The molecule has 0 aliphatic rings. The van der Waals surface area contributed by atoms with Crippen LogP contribution in [0.25, 0.3) is 0 Å². The van der Waals surface area contributed by atoms with Gasteiger partial charge in [0.2, 0.25) is 11.8 Å². The molecule has 0 bridgehead atoms. The van der Waals surface area contributed by atoms with Gasteiger partial charge < -0.3 is 14.6 Å². The molecule has 0 saturated heterocycles. The van der Waals surface area contributed by atoms with E-state index in [-0.39, 0.29) is 0 Å². The third-order valence-electron chi connectivity index (χ3n) is 1.79. The van der Waals surface area contributed by atoms with E-state index in [2.05, 4.69) is 14.5 Å². The van der Waals surface area contributed by atoms with Gasteiger partial charge >= 0.3 is 12.1 Å². The molecule has 1 aromatic rings. The highest BCUT2D eigenvalue weighted by molar-refractivity contribution is 5.90. The molecule has 5 nitrogen and oxygen atoms in total. The summed E-state index contributed by atoms with van der Waals surface area (Å²) in [5, 5.41) is 8.75. The molecule has 0 atom stereocenters. The number of ether oxygens (including phenoxy) is 2. The van der Waals surface area contributed by atoms with Gasteiger partial charge in [0, 0.05) is 6.07 Å². The van der Waals surface area contributed by atoms with Crippen LogP contribution in [0.5, 0.6) is 11.8 Å². The van der Waals surface area contributed by atoms with Gasteiger partial charge in [-0.1, -0.05) is 0 Å². The van der Waals surface area contributed by atoms with Crippen LogP contribution in [0.15, 0.2) is 12.1 Å². The Morgan fingerprint density at radius 2 is 1.95 bits per heavy atom. The summed E-state index contributed by atoms with van der Waals surface area (Å²) >= 11 is 0. The first-order chi connectivity index (χ1) is 9.19. The first-order valence-corrected chi connectivity index (χ1v) is 5.04. The van der Waals surface area contributed by atoms with Crippen LogP contribution < -0.4 is 9.47 Å². The largest absolute Gasteiger partial charge is 0.477 e. The lowest BCUT2D eigenvalue weighted by molar-refractivity contribution is -0.154. The minimum Gasteiger partial charge on any atom is -0.477 e. The molecule has 10 heteroatoms. The zero-order valence-corrected chi connectivity index (χ0v) is 9.66. The van der Waals surface area contributed by atoms with E-state index >= 15 is 0 Å². The van der Waals surface area contributed by atoms with Crippen molar-refractivity contribution < 1.29 is 41.3 Å². The van der Waals surface area contributed by atoms with Crippen molar-refractivity contribution in [3.05, 3.63) is 17.7 Å². The Bertz CT molecular complexity index is 477. The van der Waals surface area contributed by atoms with Crippen molar-refractivity contribution in [1.29, 1.82) is 0 Å². The van der Waals surface area contributed by atoms with E-state index in [1.165, 1.54) is 0 Å². The van der Waals surface area contributed by atoms with Crippen molar-refractivity contribution >= 4 is 5.97 Å². The second-order valence-electron chi connectivity index (χ2n) is 3.41. The zero-order chi connectivity index (χ0) is 15.3. The molecule has 0 aromatic carbocycles. The molecule has 0 saturated carbocycles. The summed E-state index contributed by atoms with van der Waals surface area (Å²) < 4.78 is 68.4. The molecule has 0 radical (unpaired) electrons. The third-order valence-corrected chi connectivity index (χ3v) is 1.79. The highest BCUT2D eigenvalue weighted by atomic mass is 19.4. The summed E-state index contributed by atoms with van der Waals surface area (Å²) in [6, 6.07) is 1.71. The number of aromatic nitrogens is 1. The first kappa shape index (κ1) is 15.9. The van der Waals surface area contributed by atoms with Crippen molar-refractivity contribution in [1.82, 2.24) is 4.98 Å². The van der Waals surface area contributed by atoms with Crippen LogP contribution in [0.1, 0.15) is 10.4 Å². The Balaban J connectivity index is 2.89. The molecule has 1 rings (SSSR count). The second-order valence-corrected chi connectivity index (χ2v) is 3.41. The van der Waals surface area contributed by atoms with Crippen molar-refractivity contribution in [2.45, 2.75) is 12.6 Å². The average molecular weight is 301 g/mol. The number of alkyl halides is 5. The number of carboxylic acids is 1. The van der Waals surface area contributed by atoms with Crippen molar-refractivity contribution in [2.24, 2.45) is 0 Å². The van der Waals surface area contributed by atoms with Gasteiger partial charge in [-0.15, -0.1) is 0 Å². The molecule has 0 aliphatic carbocycles. The molecule has 1 N–H and O–H groups in total. The van der Waals surface area contributed by atoms with Gasteiger partial charge in [-0.2, -0.15) is 18.2 Å². The van der Waals surface area contributed by atoms with Gasteiger partial charge in [-0.05, 0) is 6.07 Å². The van der Waals surface area contributed by atoms with E-state index in [9.17, 15) is 26.7 Å². The van der Waals surface area contributed by atoms with E-state index in [4.69, 9.17) is 5.11 Å². The molecule has 112 valence electrons. The standard InChI is InChI=1S/C10H8F5NO4/c11-6(12)3-19-8-5(9(17)18)1-2-7(16-8)20-4-10(13,14)15/h1-2,6H,3-4H2,(H,17,18). The Labute approximate surface area is 108 Å². The molecule has 0 spiro atoms. The van der Waals surface area contributed by atoms with Gasteiger partial charge in [0.1, 0.15) is 5.56 Å². The lowest BCUT2D eigenvalue weighted by Gasteiger charge is -2.11. The molecule has 0 amide bonds. The van der Waals surface area contributed by atoms with E-state index < -0.39 is 49.1 Å². The maximum Gasteiger partial charge on any atom is 0.422 e. The fourth-order valence-electron chi connectivity index (χ4n) is 1.07. The minimum absolute atomic E-state index is 0.565. The number of hydrogen-bond donors (Lipinski definition) is 1. The van der Waals surface area contributed by atoms with E-state index in [0.717, 1.165) is 12.1 Å². The van der Waals surface area contributed by atoms with E-state index in [1.54, 1.807) is 0 Å². The number of aromatic carboxylic acids is 1. The SMILES string of the molecule is O=C(O)c1ccc(OCC(F)(F)F)nc1OCC(F)F. The summed E-state index contributed by atoms with van der Waals surface area (Å²) in [5.74, 6) is -2.85. The Morgan fingerprint density at radius 1 is 1.30 bits per heavy atom. The third kappa shape index (κ3) is 5.24. The van der Waals surface area contributed by atoms with Crippen molar-refractivity contribution in [3.63, 3.8) is 0 Å². The highest BCUT2D eigenvalue weighted by Gasteiger charge is 2.29. The topological polar surface area (TPSA) is 68.7 Å². The van der Waals surface area contributed by atoms with E-state index in [0.29, 0.717) is 0 Å². The smallest absolute Gasteiger partial charge is 0.422 e. The fourth-order valence-corrected chi connectivity index (χ4v) is 1.07. The van der Waals surface area contributed by atoms with Crippen LogP contribution in [0.3, 0.4) is 0 Å². The van der Waals surface area contributed by atoms with Gasteiger partial charge in [0.25, 0.3) is 6.43 Å². The first-order valence-electron chi connectivity index (χ1n) is 5.04. The van der Waals surface area contributed by atoms with Crippen molar-refractivity contribution in [3.8, 4) is 11.8 Å². The van der Waals surface area contributed by atoms with E-state index in [1.807, 2.05) is 0 Å². The molecule has 0 unspecified atom stereocenters. The van der Waals surface area contributed by atoms with Crippen LogP contribution in [0, 0.1) is 0 Å². The number of hydrogen-bond acceptors (Lipinski definition) is 4. The zero-order valence-electron chi connectivity index (χ0n) is 9.66. The van der Waals surface area contributed by atoms with Gasteiger partial charge in [0.15, 0.2) is 13.2 Å². The lowest BCUT2D eigenvalue weighted by Crippen LogP contribution is -2.20. The normalized spacial score (nSPS) is 11.5. The molecule has 20 heavy (non-hydrogen) atoms. The van der Waals surface area contributed by atoms with Crippen molar-refractivity contribution in [2.75, 3.05) is 13.2 Å². The minimum atomic E-state index is -4.61. The van der Waals surface area contributed by atoms with Gasteiger partial charge in [0.05, 0.1) is 0 Å². The quantitative estimate of drug-likeness (QED) is 0.817. The number of nitrogens with zero attached hydrogens (tertiary/aromatic N) is 1. The average Bonchev–Trinajstić information content (AvgIpc) is 2.32. The molecule has 0 fully saturated rings. The van der Waals surface area contributed by atoms with Crippen LogP contribution in [-0.4, -0.2) is 41.9 Å². The highest BCUT2D eigenvalue weighted by Crippen LogP contribution is 2.23. The van der Waals surface area contributed by atoms with Crippen LogP contribution in [-0.2, 0) is 0 Å². The Hall–Kier alpha value is -2.13. The summed E-state index contributed by atoms with van der Waals surface area (Å²) in [6.07, 6.45) is -7.50. The number of carbonyl (C=O) groups is 1.